The van der Waals surface area contributed by atoms with E-state index in [9.17, 15) is 9.59 Å². The second-order valence-corrected chi connectivity index (χ2v) is 6.37. The molecule has 0 aliphatic carbocycles. The summed E-state index contributed by atoms with van der Waals surface area (Å²) >= 11 is 1.68. The first-order valence-electron chi connectivity index (χ1n) is 7.48. The van der Waals surface area contributed by atoms with Crippen LogP contribution < -0.4 is 26.6 Å². The summed E-state index contributed by atoms with van der Waals surface area (Å²) < 4.78 is 5.40. The van der Waals surface area contributed by atoms with Crippen LogP contribution in [0.4, 0.5) is 0 Å². The monoisotopic (exact) mass is 346 g/mol. The van der Waals surface area contributed by atoms with E-state index in [-0.39, 0.29) is 24.7 Å². The first-order chi connectivity index (χ1) is 11.6. The number of primary amides is 1. The minimum Gasteiger partial charge on any atom is -0.484 e. The summed E-state index contributed by atoms with van der Waals surface area (Å²) in [5.74, 6) is -0.219. The Balaban J connectivity index is 1.44. The van der Waals surface area contributed by atoms with Gasteiger partial charge in [-0.15, -0.1) is 11.3 Å². The smallest absolute Gasteiger partial charge is 0.259 e. The Kier molecular flexibility index (Phi) is 5.09. The number of carbonyl (C=O) groups excluding carboxylic acids is 2. The number of thiophene rings is 1. The molecule has 1 aliphatic rings. The van der Waals surface area contributed by atoms with E-state index in [1.165, 1.54) is 4.88 Å². The fraction of sp³-hybridized carbons (Fsp3) is 0.250. The van der Waals surface area contributed by atoms with Gasteiger partial charge < -0.3 is 15.8 Å². The van der Waals surface area contributed by atoms with Gasteiger partial charge in [-0.3, -0.25) is 9.59 Å². The van der Waals surface area contributed by atoms with Crippen molar-refractivity contribution in [3.8, 4) is 5.75 Å². The van der Waals surface area contributed by atoms with Crippen LogP contribution in [0, 0.1) is 0 Å². The van der Waals surface area contributed by atoms with Crippen LogP contribution in [-0.2, 0) is 4.79 Å². The van der Waals surface area contributed by atoms with Gasteiger partial charge in [0.1, 0.15) is 5.75 Å². The van der Waals surface area contributed by atoms with Gasteiger partial charge in [0.15, 0.2) is 6.61 Å². The van der Waals surface area contributed by atoms with Crippen LogP contribution in [0.2, 0.25) is 0 Å². The van der Waals surface area contributed by atoms with E-state index in [1.807, 2.05) is 11.4 Å². The average Bonchev–Trinajstić information content (AvgIpc) is 3.24. The van der Waals surface area contributed by atoms with Crippen molar-refractivity contribution in [3.05, 3.63) is 52.2 Å². The Hall–Kier alpha value is -2.42. The summed E-state index contributed by atoms with van der Waals surface area (Å²) in [7, 11) is 0. The lowest BCUT2D eigenvalue weighted by Gasteiger charge is -2.12. The normalized spacial score (nSPS) is 19.8. The Labute approximate surface area is 143 Å². The van der Waals surface area contributed by atoms with Crippen LogP contribution in [0.15, 0.2) is 41.8 Å². The van der Waals surface area contributed by atoms with Gasteiger partial charge in [-0.2, -0.15) is 0 Å². The zero-order valence-electron chi connectivity index (χ0n) is 12.8. The summed E-state index contributed by atoms with van der Waals surface area (Å²) in [5.41, 5.74) is 11.8. The van der Waals surface area contributed by atoms with E-state index in [2.05, 4.69) is 22.2 Å². The lowest BCUT2D eigenvalue weighted by Crippen LogP contribution is -2.45. The number of nitrogens with one attached hydrogen (secondary N) is 3. The highest BCUT2D eigenvalue weighted by Gasteiger charge is 2.26. The zero-order chi connectivity index (χ0) is 16.9. The van der Waals surface area contributed by atoms with Crippen molar-refractivity contribution in [2.75, 3.05) is 6.61 Å². The number of ether oxygens (including phenoxy) is 1. The molecule has 2 unspecified atom stereocenters. The summed E-state index contributed by atoms with van der Waals surface area (Å²) in [6.45, 7) is -0.0994. The topological polar surface area (TPSA) is 105 Å². The fourth-order valence-electron chi connectivity index (χ4n) is 2.43. The predicted molar refractivity (Wildman–Crippen MR) is 90.3 cm³/mol. The largest absolute Gasteiger partial charge is 0.484 e. The number of amides is 2. The quantitative estimate of drug-likeness (QED) is 0.622. The van der Waals surface area contributed by atoms with Crippen molar-refractivity contribution in [3.63, 3.8) is 0 Å². The van der Waals surface area contributed by atoms with Gasteiger partial charge in [0.2, 0.25) is 5.91 Å². The van der Waals surface area contributed by atoms with Gasteiger partial charge in [-0.25, -0.2) is 10.9 Å². The summed E-state index contributed by atoms with van der Waals surface area (Å²) in [6, 6.07) is 10.6. The third kappa shape index (κ3) is 4.10. The molecular formula is C16H18N4O3S. The molecule has 2 aromatic rings. The Bertz CT molecular complexity index is 703. The Morgan fingerprint density at radius 3 is 2.71 bits per heavy atom. The van der Waals surface area contributed by atoms with Crippen molar-refractivity contribution in [2.24, 2.45) is 5.73 Å². The van der Waals surface area contributed by atoms with E-state index < -0.39 is 5.91 Å². The van der Waals surface area contributed by atoms with Crippen molar-refractivity contribution in [2.45, 2.75) is 18.6 Å². The van der Waals surface area contributed by atoms with Crippen molar-refractivity contribution in [1.82, 2.24) is 16.2 Å². The molecule has 2 amide bonds. The maximum atomic E-state index is 12.0. The highest BCUT2D eigenvalue weighted by atomic mass is 32.1. The number of hydrazine groups is 1. The molecule has 0 saturated carbocycles. The second-order valence-electron chi connectivity index (χ2n) is 5.39. The lowest BCUT2D eigenvalue weighted by atomic mass is 10.2. The number of hydrogen-bond acceptors (Lipinski definition) is 6. The second kappa shape index (κ2) is 7.43. The first kappa shape index (κ1) is 16.4. The summed E-state index contributed by atoms with van der Waals surface area (Å²) in [5, 5.41) is 4.89. The van der Waals surface area contributed by atoms with Crippen molar-refractivity contribution in [1.29, 1.82) is 0 Å². The molecule has 1 aromatic heterocycles. The Morgan fingerprint density at radius 2 is 2.04 bits per heavy atom. The van der Waals surface area contributed by atoms with Crippen LogP contribution in [0.3, 0.4) is 0 Å². The molecule has 7 nitrogen and oxygen atoms in total. The maximum Gasteiger partial charge on any atom is 0.259 e. The van der Waals surface area contributed by atoms with Gasteiger partial charge in [0, 0.05) is 16.9 Å². The number of carbonyl (C=O) groups is 2. The van der Waals surface area contributed by atoms with E-state index in [0.29, 0.717) is 11.3 Å². The van der Waals surface area contributed by atoms with Crippen LogP contribution in [0.5, 0.6) is 5.75 Å². The van der Waals surface area contributed by atoms with Gasteiger partial charge >= 0.3 is 0 Å². The SMILES string of the molecule is NC(=O)c1ccc(OCC(=O)NC2CC(c3cccs3)NN2)cc1. The number of nitrogens with two attached hydrogens (primary N) is 1. The number of rotatable bonds is 6. The number of benzene rings is 1. The van der Waals surface area contributed by atoms with Crippen LogP contribution in [-0.4, -0.2) is 24.6 Å². The molecule has 24 heavy (non-hydrogen) atoms. The van der Waals surface area contributed by atoms with Crippen molar-refractivity contribution >= 4 is 23.2 Å². The van der Waals surface area contributed by atoms with Gasteiger partial charge in [0.25, 0.3) is 5.91 Å². The molecule has 2 heterocycles. The molecule has 5 N–H and O–H groups in total. The Morgan fingerprint density at radius 1 is 1.25 bits per heavy atom. The van der Waals surface area contributed by atoms with Crippen molar-refractivity contribution < 1.29 is 14.3 Å². The maximum absolute atomic E-state index is 12.0. The standard InChI is InChI=1S/C16H18N4O3S/c17-16(22)10-3-5-11(6-4-10)23-9-15(21)18-14-8-12(19-20-14)13-2-1-7-24-13/h1-7,12,14,19-20H,8-9H2,(H2,17,22)(H,18,21). The molecule has 1 fully saturated rings. The third-order valence-corrected chi connectivity index (χ3v) is 4.62. The molecule has 3 rings (SSSR count). The zero-order valence-corrected chi connectivity index (χ0v) is 13.6. The first-order valence-corrected chi connectivity index (χ1v) is 8.36. The number of hydrogen-bond donors (Lipinski definition) is 4. The van der Waals surface area contributed by atoms with Gasteiger partial charge in [0.05, 0.1) is 12.2 Å². The van der Waals surface area contributed by atoms with E-state index in [0.717, 1.165) is 6.42 Å². The van der Waals surface area contributed by atoms with Gasteiger partial charge in [-0.05, 0) is 35.7 Å². The van der Waals surface area contributed by atoms with E-state index in [1.54, 1.807) is 35.6 Å². The van der Waals surface area contributed by atoms with Crippen LogP contribution in [0.25, 0.3) is 0 Å². The van der Waals surface area contributed by atoms with E-state index >= 15 is 0 Å². The minimum absolute atomic E-state index is 0.0994. The highest BCUT2D eigenvalue weighted by Crippen LogP contribution is 2.25. The molecule has 1 saturated heterocycles. The molecule has 126 valence electrons. The highest BCUT2D eigenvalue weighted by molar-refractivity contribution is 7.10. The molecule has 1 aromatic carbocycles. The summed E-state index contributed by atoms with van der Waals surface area (Å²) in [6.07, 6.45) is 0.616. The molecule has 1 aliphatic heterocycles. The molecular weight excluding hydrogens is 328 g/mol. The molecule has 0 spiro atoms. The molecule has 2 atom stereocenters. The third-order valence-electron chi connectivity index (χ3n) is 3.63. The molecule has 0 bridgehead atoms. The van der Waals surface area contributed by atoms with Gasteiger partial charge in [-0.1, -0.05) is 6.07 Å². The predicted octanol–water partition coefficient (Wildman–Crippen LogP) is 0.907. The minimum atomic E-state index is -0.501. The van der Waals surface area contributed by atoms with Crippen LogP contribution >= 0.6 is 11.3 Å². The van der Waals surface area contributed by atoms with Crippen LogP contribution in [0.1, 0.15) is 27.7 Å². The van der Waals surface area contributed by atoms with E-state index in [4.69, 9.17) is 10.5 Å². The summed E-state index contributed by atoms with van der Waals surface area (Å²) in [4.78, 5) is 24.2. The lowest BCUT2D eigenvalue weighted by molar-refractivity contribution is -0.123. The fourth-order valence-corrected chi connectivity index (χ4v) is 3.22. The average molecular weight is 346 g/mol. The molecule has 0 radical (unpaired) electrons. The molecule has 8 heteroatoms.